The number of esters is 1. The molecule has 0 aromatic heterocycles. The lowest BCUT2D eigenvalue weighted by Crippen LogP contribution is -2.46. The van der Waals surface area contributed by atoms with Gasteiger partial charge in [0.15, 0.2) is 0 Å². The van der Waals surface area contributed by atoms with Gasteiger partial charge in [0.05, 0.1) is 18.6 Å². The standard InChI is InChI=1S/C23H27NO6/c1-3-30-22(29)23(2,15-25)14-19(24-20(26)21(27)28)13-16-9-11-18(12-10-16)17-7-5-4-6-8-17/h4-12,19,25H,3,13-15H2,1-2H3,(H,24,26)(H,27,28). The zero-order valence-electron chi connectivity index (χ0n) is 17.1. The molecule has 160 valence electrons. The Balaban J connectivity index is 2.21. The van der Waals surface area contributed by atoms with Crippen LogP contribution in [0.5, 0.6) is 0 Å². The lowest BCUT2D eigenvalue weighted by Gasteiger charge is -2.30. The van der Waals surface area contributed by atoms with Crippen molar-refractivity contribution in [2.45, 2.75) is 32.7 Å². The maximum absolute atomic E-state index is 12.3. The molecule has 7 heteroatoms. The highest BCUT2D eigenvalue weighted by Gasteiger charge is 2.37. The molecule has 2 atom stereocenters. The van der Waals surface area contributed by atoms with Gasteiger partial charge >= 0.3 is 17.8 Å². The SMILES string of the molecule is CCOC(=O)C(C)(CO)CC(Cc1ccc(-c2ccccc2)cc1)NC(=O)C(=O)O. The predicted molar refractivity (Wildman–Crippen MR) is 112 cm³/mol. The van der Waals surface area contributed by atoms with Gasteiger partial charge in [-0.2, -0.15) is 0 Å². The van der Waals surface area contributed by atoms with Crippen molar-refractivity contribution in [3.8, 4) is 11.1 Å². The molecule has 30 heavy (non-hydrogen) atoms. The number of carbonyl (C=O) groups excluding carboxylic acids is 2. The van der Waals surface area contributed by atoms with Gasteiger partial charge in [0, 0.05) is 6.04 Å². The van der Waals surface area contributed by atoms with Gasteiger partial charge in [-0.1, -0.05) is 54.6 Å². The van der Waals surface area contributed by atoms with E-state index in [0.29, 0.717) is 6.42 Å². The van der Waals surface area contributed by atoms with Gasteiger partial charge in [-0.05, 0) is 43.4 Å². The number of carboxylic acid groups (broad SMARTS) is 1. The average molecular weight is 413 g/mol. The molecule has 0 fully saturated rings. The van der Waals surface area contributed by atoms with Crippen LogP contribution < -0.4 is 5.32 Å². The monoisotopic (exact) mass is 413 g/mol. The Labute approximate surface area is 175 Å². The number of aliphatic carboxylic acids is 1. The van der Waals surface area contributed by atoms with Gasteiger partial charge in [-0.3, -0.25) is 9.59 Å². The lowest BCUT2D eigenvalue weighted by atomic mass is 9.82. The van der Waals surface area contributed by atoms with Crippen molar-refractivity contribution in [2.24, 2.45) is 5.41 Å². The molecule has 0 aliphatic rings. The number of hydrogen-bond acceptors (Lipinski definition) is 5. The van der Waals surface area contributed by atoms with Crippen LogP contribution in [0.3, 0.4) is 0 Å². The number of nitrogens with one attached hydrogen (secondary N) is 1. The van der Waals surface area contributed by atoms with Crippen molar-refractivity contribution in [2.75, 3.05) is 13.2 Å². The van der Waals surface area contributed by atoms with Gasteiger partial charge in [-0.15, -0.1) is 0 Å². The summed E-state index contributed by atoms with van der Waals surface area (Å²) in [6, 6.07) is 16.8. The van der Waals surface area contributed by atoms with Crippen LogP contribution in [0.25, 0.3) is 11.1 Å². The Hall–Kier alpha value is -3.19. The van der Waals surface area contributed by atoms with Crippen LogP contribution in [0.15, 0.2) is 54.6 Å². The fourth-order valence-corrected chi connectivity index (χ4v) is 3.23. The van der Waals surface area contributed by atoms with Crippen LogP contribution in [0.2, 0.25) is 0 Å². The molecule has 2 aromatic rings. The Morgan fingerprint density at radius 1 is 1.03 bits per heavy atom. The highest BCUT2D eigenvalue weighted by atomic mass is 16.5. The zero-order valence-corrected chi connectivity index (χ0v) is 17.1. The molecule has 3 N–H and O–H groups in total. The van der Waals surface area contributed by atoms with Crippen LogP contribution in [0, 0.1) is 5.41 Å². The molecule has 0 spiro atoms. The van der Waals surface area contributed by atoms with Crippen LogP contribution in [0.1, 0.15) is 25.8 Å². The van der Waals surface area contributed by atoms with Crippen molar-refractivity contribution >= 4 is 17.8 Å². The van der Waals surface area contributed by atoms with Crippen LogP contribution in [-0.2, 0) is 25.5 Å². The molecule has 0 aliphatic heterocycles. The van der Waals surface area contributed by atoms with E-state index in [0.717, 1.165) is 16.7 Å². The summed E-state index contributed by atoms with van der Waals surface area (Å²) in [4.78, 5) is 35.1. The van der Waals surface area contributed by atoms with Crippen molar-refractivity contribution in [3.05, 3.63) is 60.2 Å². The molecule has 0 saturated heterocycles. The van der Waals surface area contributed by atoms with Gasteiger partial charge < -0.3 is 20.3 Å². The number of benzene rings is 2. The first-order chi connectivity index (χ1) is 14.3. The number of amides is 1. The normalized spacial score (nSPS) is 13.7. The van der Waals surface area contributed by atoms with E-state index in [4.69, 9.17) is 9.84 Å². The first-order valence-corrected chi connectivity index (χ1v) is 9.75. The van der Waals surface area contributed by atoms with E-state index in [1.807, 2.05) is 54.6 Å². The maximum Gasteiger partial charge on any atom is 0.394 e. The predicted octanol–water partition coefficient (Wildman–Crippen LogP) is 2.42. The summed E-state index contributed by atoms with van der Waals surface area (Å²) in [6.45, 7) is 2.86. The second-order valence-electron chi connectivity index (χ2n) is 7.39. The third-order valence-electron chi connectivity index (χ3n) is 4.89. The van der Waals surface area contributed by atoms with Gasteiger partial charge in [-0.25, -0.2) is 4.79 Å². The maximum atomic E-state index is 12.3. The molecule has 2 aromatic carbocycles. The summed E-state index contributed by atoms with van der Waals surface area (Å²) in [5, 5.41) is 21.2. The number of aliphatic hydroxyl groups excluding tert-OH is 1. The van der Waals surface area contributed by atoms with E-state index < -0.39 is 35.9 Å². The Morgan fingerprint density at radius 2 is 1.63 bits per heavy atom. The van der Waals surface area contributed by atoms with E-state index >= 15 is 0 Å². The second kappa shape index (κ2) is 10.5. The van der Waals surface area contributed by atoms with E-state index in [1.165, 1.54) is 6.92 Å². The number of carboxylic acids is 1. The van der Waals surface area contributed by atoms with E-state index in [-0.39, 0.29) is 13.0 Å². The number of carbonyl (C=O) groups is 3. The first-order valence-electron chi connectivity index (χ1n) is 9.75. The fourth-order valence-electron chi connectivity index (χ4n) is 3.23. The van der Waals surface area contributed by atoms with Crippen molar-refractivity contribution in [1.29, 1.82) is 0 Å². The molecule has 1 amide bonds. The zero-order chi connectivity index (χ0) is 22.1. The highest BCUT2D eigenvalue weighted by Crippen LogP contribution is 2.27. The van der Waals surface area contributed by atoms with E-state index in [9.17, 15) is 19.5 Å². The minimum atomic E-state index is -1.61. The van der Waals surface area contributed by atoms with Crippen molar-refractivity contribution in [3.63, 3.8) is 0 Å². The number of ether oxygens (including phenoxy) is 1. The number of aliphatic hydroxyl groups is 1. The number of rotatable bonds is 9. The fraction of sp³-hybridized carbons (Fsp3) is 0.348. The van der Waals surface area contributed by atoms with Crippen LogP contribution >= 0.6 is 0 Å². The van der Waals surface area contributed by atoms with E-state index in [1.54, 1.807) is 6.92 Å². The molecule has 0 heterocycles. The molecule has 2 rings (SSSR count). The van der Waals surface area contributed by atoms with E-state index in [2.05, 4.69) is 5.32 Å². The Morgan fingerprint density at radius 3 is 2.17 bits per heavy atom. The van der Waals surface area contributed by atoms with Crippen molar-refractivity contribution in [1.82, 2.24) is 5.32 Å². The topological polar surface area (TPSA) is 113 Å². The summed E-state index contributed by atoms with van der Waals surface area (Å²) >= 11 is 0. The second-order valence-corrected chi connectivity index (χ2v) is 7.39. The van der Waals surface area contributed by atoms with Gasteiger partial charge in [0.1, 0.15) is 0 Å². The summed E-state index contributed by atoms with van der Waals surface area (Å²) in [5.74, 6) is -3.37. The molecule has 0 bridgehead atoms. The molecule has 0 aliphatic carbocycles. The summed E-state index contributed by atoms with van der Waals surface area (Å²) in [6.07, 6.45) is 0.324. The van der Waals surface area contributed by atoms with Gasteiger partial charge in [0.25, 0.3) is 0 Å². The molecule has 0 saturated carbocycles. The highest BCUT2D eigenvalue weighted by molar-refractivity contribution is 6.31. The van der Waals surface area contributed by atoms with Crippen LogP contribution in [0.4, 0.5) is 0 Å². The third kappa shape index (κ3) is 6.15. The molecular weight excluding hydrogens is 386 g/mol. The summed E-state index contributed by atoms with van der Waals surface area (Å²) in [7, 11) is 0. The molecule has 0 radical (unpaired) electrons. The number of hydrogen-bond donors (Lipinski definition) is 3. The van der Waals surface area contributed by atoms with Gasteiger partial charge in [0.2, 0.25) is 0 Å². The third-order valence-corrected chi connectivity index (χ3v) is 4.89. The molecular formula is C23H27NO6. The first kappa shape index (κ1) is 23.1. The Kier molecular flexibility index (Phi) is 8.12. The lowest BCUT2D eigenvalue weighted by molar-refractivity contribution is -0.158. The molecule has 7 nitrogen and oxygen atoms in total. The minimum absolute atomic E-state index is 0.0296. The Bertz CT molecular complexity index is 865. The quantitative estimate of drug-likeness (QED) is 0.430. The summed E-state index contributed by atoms with van der Waals surface area (Å²) < 4.78 is 5.04. The average Bonchev–Trinajstić information content (AvgIpc) is 2.74. The smallest absolute Gasteiger partial charge is 0.394 e. The minimum Gasteiger partial charge on any atom is -0.474 e. The summed E-state index contributed by atoms with van der Waals surface area (Å²) in [5.41, 5.74) is 1.68. The van der Waals surface area contributed by atoms with Crippen molar-refractivity contribution < 1.29 is 29.3 Å². The van der Waals surface area contributed by atoms with Crippen LogP contribution in [-0.4, -0.2) is 47.3 Å². The largest absolute Gasteiger partial charge is 0.474 e. The molecule has 2 unspecified atom stereocenters.